The zero-order chi connectivity index (χ0) is 23.8. The summed E-state index contributed by atoms with van der Waals surface area (Å²) in [6.07, 6.45) is 0. The van der Waals surface area contributed by atoms with Gasteiger partial charge in [-0.3, -0.25) is 0 Å². The largest absolute Gasteiger partial charge is 0.493 e. The van der Waals surface area contributed by atoms with Gasteiger partial charge in [0, 0.05) is 15.8 Å². The summed E-state index contributed by atoms with van der Waals surface area (Å²) < 4.78 is 16.2. The maximum Gasteiger partial charge on any atom is 0.340 e. The van der Waals surface area contributed by atoms with Gasteiger partial charge in [-0.25, -0.2) is 9.78 Å². The van der Waals surface area contributed by atoms with Crippen LogP contribution >= 0.6 is 11.3 Å². The Hall–Kier alpha value is -2.64. The number of nitrogens with one attached hydrogen (secondary N) is 1. The van der Waals surface area contributed by atoms with Crippen LogP contribution in [0.4, 0.5) is 0 Å². The third-order valence-corrected chi connectivity index (χ3v) is 6.25. The first-order chi connectivity index (χ1) is 15.3. The first-order valence-corrected chi connectivity index (χ1v) is 11.7. The molecule has 0 saturated heterocycles. The Kier molecular flexibility index (Phi) is 9.47. The van der Waals surface area contributed by atoms with Crippen molar-refractivity contribution in [2.75, 3.05) is 33.9 Å². The number of pyridine rings is 1. The van der Waals surface area contributed by atoms with Crippen LogP contribution in [-0.4, -0.2) is 44.9 Å². The molecule has 6 nitrogen and oxygen atoms in total. The first kappa shape index (κ1) is 25.6. The lowest BCUT2D eigenvalue weighted by Gasteiger charge is -2.16. The molecule has 3 aromatic rings. The van der Waals surface area contributed by atoms with Crippen molar-refractivity contribution in [1.82, 2.24) is 10.3 Å². The van der Waals surface area contributed by atoms with E-state index in [1.54, 1.807) is 32.5 Å². The molecule has 1 N–H and O–H groups in total. The Morgan fingerprint density at radius 3 is 2.22 bits per heavy atom. The summed E-state index contributed by atoms with van der Waals surface area (Å²) in [5, 5.41) is 4.10. The zero-order valence-corrected chi connectivity index (χ0v) is 21.2. The summed E-state index contributed by atoms with van der Waals surface area (Å²) in [6, 6.07) is 5.67. The average molecular weight is 459 g/mol. The summed E-state index contributed by atoms with van der Waals surface area (Å²) >= 11 is 1.63. The SMILES string of the molecule is CCNCC.CCOC(=O)c1c(C)nc2sc(C)c(C)c2c1-c1ccc(OC)c(OC)c1. The van der Waals surface area contributed by atoms with E-state index in [9.17, 15) is 4.79 Å². The fourth-order valence-corrected chi connectivity index (χ4v) is 4.56. The van der Waals surface area contributed by atoms with Crippen molar-refractivity contribution in [2.45, 2.75) is 41.5 Å². The van der Waals surface area contributed by atoms with Gasteiger partial charge >= 0.3 is 5.97 Å². The lowest BCUT2D eigenvalue weighted by Crippen LogP contribution is -2.10. The number of rotatable bonds is 7. The van der Waals surface area contributed by atoms with E-state index >= 15 is 0 Å². The summed E-state index contributed by atoms with van der Waals surface area (Å²) in [5.74, 6) is 0.883. The second kappa shape index (κ2) is 11.8. The Morgan fingerprint density at radius 2 is 1.69 bits per heavy atom. The van der Waals surface area contributed by atoms with Crippen LogP contribution in [0, 0.1) is 20.8 Å². The van der Waals surface area contributed by atoms with E-state index in [1.165, 1.54) is 4.88 Å². The van der Waals surface area contributed by atoms with Gasteiger partial charge in [-0.05, 0) is 64.0 Å². The van der Waals surface area contributed by atoms with Crippen LogP contribution in [-0.2, 0) is 4.74 Å². The molecule has 7 heteroatoms. The van der Waals surface area contributed by atoms with E-state index < -0.39 is 0 Å². The molecule has 0 aliphatic carbocycles. The highest BCUT2D eigenvalue weighted by Crippen LogP contribution is 2.42. The van der Waals surface area contributed by atoms with Crippen LogP contribution in [0.25, 0.3) is 21.3 Å². The van der Waals surface area contributed by atoms with Gasteiger partial charge in [-0.1, -0.05) is 19.9 Å². The van der Waals surface area contributed by atoms with E-state index in [2.05, 4.69) is 38.0 Å². The van der Waals surface area contributed by atoms with Crippen LogP contribution in [0.1, 0.15) is 47.3 Å². The number of aromatic nitrogens is 1. The van der Waals surface area contributed by atoms with Crippen molar-refractivity contribution in [1.29, 1.82) is 0 Å². The van der Waals surface area contributed by atoms with E-state index in [0.717, 1.165) is 40.0 Å². The molecular formula is C25H34N2O4S. The highest BCUT2D eigenvalue weighted by atomic mass is 32.1. The molecule has 0 aliphatic rings. The van der Waals surface area contributed by atoms with Gasteiger partial charge < -0.3 is 19.5 Å². The van der Waals surface area contributed by atoms with Crippen molar-refractivity contribution in [3.8, 4) is 22.6 Å². The number of nitrogens with zero attached hydrogens (tertiary/aromatic N) is 1. The minimum Gasteiger partial charge on any atom is -0.493 e. The molecule has 32 heavy (non-hydrogen) atoms. The second-order valence-electron chi connectivity index (χ2n) is 7.16. The summed E-state index contributed by atoms with van der Waals surface area (Å²) in [4.78, 5) is 19.6. The monoisotopic (exact) mass is 458 g/mol. The average Bonchev–Trinajstić information content (AvgIpc) is 3.06. The fourth-order valence-electron chi connectivity index (χ4n) is 3.48. The van der Waals surface area contributed by atoms with Gasteiger partial charge in [0.15, 0.2) is 11.5 Å². The van der Waals surface area contributed by atoms with Crippen LogP contribution < -0.4 is 14.8 Å². The van der Waals surface area contributed by atoms with Crippen molar-refractivity contribution < 1.29 is 19.0 Å². The van der Waals surface area contributed by atoms with Gasteiger partial charge in [0.1, 0.15) is 4.83 Å². The Bertz CT molecular complexity index is 1070. The maximum absolute atomic E-state index is 12.8. The molecule has 2 aromatic heterocycles. The predicted molar refractivity (Wildman–Crippen MR) is 133 cm³/mol. The molecular weight excluding hydrogens is 424 g/mol. The van der Waals surface area contributed by atoms with E-state index in [1.807, 2.05) is 25.1 Å². The molecule has 1 aromatic carbocycles. The van der Waals surface area contributed by atoms with Crippen LogP contribution in [0.5, 0.6) is 11.5 Å². The molecule has 0 spiro atoms. The molecule has 0 saturated carbocycles. The maximum atomic E-state index is 12.8. The number of esters is 1. The number of carbonyl (C=O) groups excluding carboxylic acids is 1. The van der Waals surface area contributed by atoms with E-state index in [0.29, 0.717) is 29.4 Å². The van der Waals surface area contributed by atoms with Crippen molar-refractivity contribution in [3.05, 3.63) is 39.9 Å². The minimum absolute atomic E-state index is 0.309. The Balaban J connectivity index is 0.000000654. The van der Waals surface area contributed by atoms with Crippen molar-refractivity contribution in [3.63, 3.8) is 0 Å². The van der Waals surface area contributed by atoms with E-state index in [-0.39, 0.29) is 5.97 Å². The van der Waals surface area contributed by atoms with Gasteiger partial charge in [0.05, 0.1) is 32.1 Å². The number of thiophene rings is 1. The number of ether oxygens (including phenoxy) is 3. The number of aryl methyl sites for hydroxylation is 3. The number of fused-ring (bicyclic) bond motifs is 1. The van der Waals surface area contributed by atoms with Crippen molar-refractivity contribution in [2.24, 2.45) is 0 Å². The Labute approximate surface area is 194 Å². The molecule has 0 radical (unpaired) electrons. The smallest absolute Gasteiger partial charge is 0.340 e. The highest BCUT2D eigenvalue weighted by molar-refractivity contribution is 7.18. The molecule has 0 amide bonds. The molecule has 174 valence electrons. The normalized spacial score (nSPS) is 10.5. The summed E-state index contributed by atoms with van der Waals surface area (Å²) in [6.45, 7) is 14.5. The number of hydrogen-bond acceptors (Lipinski definition) is 7. The number of benzene rings is 1. The Morgan fingerprint density at radius 1 is 1.03 bits per heavy atom. The molecule has 0 bridgehead atoms. The van der Waals surface area contributed by atoms with Crippen LogP contribution in [0.15, 0.2) is 18.2 Å². The molecule has 3 rings (SSSR count). The first-order valence-electron chi connectivity index (χ1n) is 10.8. The molecule has 2 heterocycles. The zero-order valence-electron chi connectivity index (χ0n) is 20.3. The van der Waals surface area contributed by atoms with Crippen molar-refractivity contribution >= 4 is 27.5 Å². The minimum atomic E-state index is -0.363. The number of hydrogen-bond donors (Lipinski definition) is 1. The molecule has 0 fully saturated rings. The number of carbonyl (C=O) groups is 1. The second-order valence-corrected chi connectivity index (χ2v) is 8.36. The van der Waals surface area contributed by atoms with Gasteiger partial charge in [-0.15, -0.1) is 11.3 Å². The van der Waals surface area contributed by atoms with E-state index in [4.69, 9.17) is 14.2 Å². The van der Waals surface area contributed by atoms with Gasteiger partial charge in [0.2, 0.25) is 0 Å². The topological polar surface area (TPSA) is 69.7 Å². The standard InChI is InChI=1S/C21H23NO4S.C4H11N/c1-7-26-21(23)18-12(3)22-20-17(11(2)13(4)27-20)19(18)14-8-9-15(24-5)16(10-14)25-6;1-3-5-4-2/h8-10H,7H2,1-6H3;5H,3-4H2,1-2H3. The van der Waals surface area contributed by atoms with Crippen LogP contribution in [0.2, 0.25) is 0 Å². The molecule has 0 unspecified atom stereocenters. The molecule has 0 aliphatic heterocycles. The number of methoxy groups -OCH3 is 2. The third kappa shape index (κ3) is 5.40. The third-order valence-electron chi connectivity index (χ3n) is 5.15. The summed E-state index contributed by atoms with van der Waals surface area (Å²) in [7, 11) is 3.20. The quantitative estimate of drug-likeness (QED) is 0.458. The lowest BCUT2D eigenvalue weighted by molar-refractivity contribution is 0.0526. The predicted octanol–water partition coefficient (Wildman–Crippen LogP) is 5.70. The summed E-state index contributed by atoms with van der Waals surface area (Å²) in [5.41, 5.74) is 3.98. The van der Waals surface area contributed by atoms with Gasteiger partial charge in [-0.2, -0.15) is 0 Å². The fraction of sp³-hybridized carbons (Fsp3) is 0.440. The highest BCUT2D eigenvalue weighted by Gasteiger charge is 2.25. The van der Waals surface area contributed by atoms with Gasteiger partial charge in [0.25, 0.3) is 0 Å². The molecule has 0 atom stereocenters. The van der Waals surface area contributed by atoms with Crippen LogP contribution in [0.3, 0.4) is 0 Å². The lowest BCUT2D eigenvalue weighted by atomic mass is 9.94.